The van der Waals surface area contributed by atoms with Crippen molar-refractivity contribution in [2.75, 3.05) is 18.5 Å². The van der Waals surface area contributed by atoms with E-state index in [1.807, 2.05) is 19.1 Å². The normalized spacial score (nSPS) is 10.2. The first-order chi connectivity index (χ1) is 14.0. The zero-order chi connectivity index (χ0) is 21.1. The fourth-order valence-electron chi connectivity index (χ4n) is 2.12. The number of hydrogen-bond acceptors (Lipinski definition) is 5. The van der Waals surface area contributed by atoms with Gasteiger partial charge in [0.15, 0.2) is 11.7 Å². The maximum Gasteiger partial charge on any atom is 0.338 e. The van der Waals surface area contributed by atoms with Crippen molar-refractivity contribution in [3.05, 3.63) is 77.9 Å². The third-order valence-corrected chi connectivity index (χ3v) is 3.84. The van der Waals surface area contributed by atoms with Crippen molar-refractivity contribution in [3.8, 4) is 0 Å². The molecule has 0 aromatic heterocycles. The lowest BCUT2D eigenvalue weighted by Crippen LogP contribution is -2.31. The smallest absolute Gasteiger partial charge is 0.338 e. The van der Waals surface area contributed by atoms with E-state index in [1.54, 1.807) is 48.7 Å². The highest BCUT2D eigenvalue weighted by molar-refractivity contribution is 7.80. The molecule has 7 nitrogen and oxygen atoms in total. The fourth-order valence-corrected chi connectivity index (χ4v) is 2.26. The lowest BCUT2D eigenvalue weighted by Gasteiger charge is -2.07. The summed E-state index contributed by atoms with van der Waals surface area (Å²) >= 11 is 5.01. The van der Waals surface area contributed by atoms with E-state index in [-0.39, 0.29) is 6.61 Å². The van der Waals surface area contributed by atoms with Gasteiger partial charge in [-0.2, -0.15) is 5.10 Å². The fraction of sp³-hybridized carbons (Fsp3) is 0.143. The van der Waals surface area contributed by atoms with Gasteiger partial charge in [0.25, 0.3) is 5.91 Å². The Hall–Kier alpha value is -3.52. The van der Waals surface area contributed by atoms with Crippen LogP contribution in [0.4, 0.5) is 5.69 Å². The molecule has 1 amide bonds. The lowest BCUT2D eigenvalue weighted by atomic mass is 10.1. The van der Waals surface area contributed by atoms with Gasteiger partial charge >= 0.3 is 5.97 Å². The highest BCUT2D eigenvalue weighted by atomic mass is 32.1. The summed E-state index contributed by atoms with van der Waals surface area (Å²) < 4.78 is 5.05. The Morgan fingerprint density at radius 1 is 1.14 bits per heavy atom. The molecule has 0 saturated heterocycles. The number of anilines is 1. The van der Waals surface area contributed by atoms with Gasteiger partial charge < -0.3 is 15.4 Å². The largest absolute Gasteiger partial charge is 0.452 e. The second kappa shape index (κ2) is 11.4. The Balaban J connectivity index is 1.79. The van der Waals surface area contributed by atoms with Gasteiger partial charge in [0, 0.05) is 12.2 Å². The Kier molecular flexibility index (Phi) is 8.52. The van der Waals surface area contributed by atoms with E-state index in [4.69, 9.17) is 17.0 Å². The third-order valence-electron chi connectivity index (χ3n) is 3.60. The molecule has 0 spiro atoms. The molecule has 150 valence electrons. The molecule has 0 bridgehead atoms. The third kappa shape index (κ3) is 7.94. The molecule has 3 N–H and O–H groups in total. The van der Waals surface area contributed by atoms with E-state index >= 15 is 0 Å². The van der Waals surface area contributed by atoms with Gasteiger partial charge in [0.2, 0.25) is 0 Å². The number of nitrogens with zero attached hydrogens (tertiary/aromatic N) is 1. The molecule has 2 rings (SSSR count). The summed E-state index contributed by atoms with van der Waals surface area (Å²) in [6.07, 6.45) is 3.24. The van der Waals surface area contributed by atoms with Gasteiger partial charge in [0.05, 0.1) is 11.8 Å². The number of rotatable bonds is 8. The molecule has 0 aliphatic carbocycles. The van der Waals surface area contributed by atoms with Crippen LogP contribution in [-0.2, 0) is 9.53 Å². The second-order valence-electron chi connectivity index (χ2n) is 5.98. The van der Waals surface area contributed by atoms with E-state index in [2.05, 4.69) is 27.7 Å². The van der Waals surface area contributed by atoms with Crippen LogP contribution in [0.2, 0.25) is 0 Å². The van der Waals surface area contributed by atoms with Crippen LogP contribution in [0.3, 0.4) is 0 Å². The average molecular weight is 410 g/mol. The summed E-state index contributed by atoms with van der Waals surface area (Å²) in [6.45, 7) is 5.71. The Morgan fingerprint density at radius 3 is 2.48 bits per heavy atom. The summed E-state index contributed by atoms with van der Waals surface area (Å²) in [6, 6.07) is 13.9. The maximum atomic E-state index is 12.1. The van der Waals surface area contributed by atoms with E-state index in [9.17, 15) is 9.59 Å². The number of hydrazone groups is 1. The number of ether oxygens (including phenoxy) is 1. The van der Waals surface area contributed by atoms with E-state index in [1.165, 1.54) is 0 Å². The van der Waals surface area contributed by atoms with Crippen LogP contribution in [0.5, 0.6) is 0 Å². The summed E-state index contributed by atoms with van der Waals surface area (Å²) in [5, 5.41) is 9.92. The van der Waals surface area contributed by atoms with Crippen LogP contribution in [0, 0.1) is 6.92 Å². The van der Waals surface area contributed by atoms with Crippen LogP contribution in [-0.4, -0.2) is 36.4 Å². The zero-order valence-electron chi connectivity index (χ0n) is 16.0. The van der Waals surface area contributed by atoms with Crippen molar-refractivity contribution in [3.63, 3.8) is 0 Å². The standard InChI is InChI=1S/C21H22N4O3S/c1-3-12-22-21(29)25-23-13-16-6-8-17(9-7-16)20(27)28-14-19(26)24-18-10-4-15(2)5-11-18/h3-11,13H,1,12,14H2,2H3,(H,24,26)(H2,22,25,29)/b23-13+. The van der Waals surface area contributed by atoms with E-state index in [0.717, 1.165) is 11.1 Å². The molecule has 0 atom stereocenters. The molecule has 0 aliphatic rings. The van der Waals surface area contributed by atoms with Crippen molar-refractivity contribution in [2.24, 2.45) is 5.10 Å². The number of thiocarbonyl (C=S) groups is 1. The molecule has 0 radical (unpaired) electrons. The lowest BCUT2D eigenvalue weighted by molar-refractivity contribution is -0.119. The number of esters is 1. The molecule has 29 heavy (non-hydrogen) atoms. The zero-order valence-corrected chi connectivity index (χ0v) is 16.8. The Bertz CT molecular complexity index is 893. The Labute approximate surface area is 174 Å². The summed E-state index contributed by atoms with van der Waals surface area (Å²) in [4.78, 5) is 24.0. The number of nitrogens with one attached hydrogen (secondary N) is 3. The van der Waals surface area contributed by atoms with Crippen LogP contribution in [0.1, 0.15) is 21.5 Å². The van der Waals surface area contributed by atoms with Gasteiger partial charge in [-0.15, -0.1) is 6.58 Å². The van der Waals surface area contributed by atoms with Gasteiger partial charge in [0.1, 0.15) is 0 Å². The first kappa shape index (κ1) is 21.8. The molecule has 0 aliphatic heterocycles. The first-order valence-electron chi connectivity index (χ1n) is 8.79. The second-order valence-corrected chi connectivity index (χ2v) is 6.39. The van der Waals surface area contributed by atoms with Gasteiger partial charge in [-0.3, -0.25) is 10.2 Å². The number of hydrogen-bond donors (Lipinski definition) is 3. The monoisotopic (exact) mass is 410 g/mol. The molecule has 2 aromatic carbocycles. The summed E-state index contributed by atoms with van der Waals surface area (Å²) in [5.74, 6) is -0.987. The van der Waals surface area contributed by atoms with E-state index < -0.39 is 11.9 Å². The predicted octanol–water partition coefficient (Wildman–Crippen LogP) is 2.77. The number of benzene rings is 2. The van der Waals surface area contributed by atoms with Crippen LogP contribution >= 0.6 is 12.2 Å². The molecule has 0 saturated carbocycles. The highest BCUT2D eigenvalue weighted by Gasteiger charge is 2.10. The average Bonchev–Trinajstić information content (AvgIpc) is 2.72. The number of carbonyl (C=O) groups is 2. The first-order valence-corrected chi connectivity index (χ1v) is 9.20. The molecule has 0 unspecified atom stereocenters. The minimum atomic E-state index is -0.583. The predicted molar refractivity (Wildman–Crippen MR) is 118 cm³/mol. The number of aryl methyl sites for hydroxylation is 1. The molecular formula is C21H22N4O3S. The minimum Gasteiger partial charge on any atom is -0.452 e. The SMILES string of the molecule is C=CCNC(=S)N/N=C/c1ccc(C(=O)OCC(=O)Nc2ccc(C)cc2)cc1. The van der Waals surface area contributed by atoms with Gasteiger partial charge in [-0.05, 0) is 49.0 Å². The topological polar surface area (TPSA) is 91.8 Å². The molecule has 0 heterocycles. The van der Waals surface area contributed by atoms with Crippen molar-refractivity contribution in [1.29, 1.82) is 0 Å². The summed E-state index contributed by atoms with van der Waals surface area (Å²) in [5.41, 5.74) is 5.50. The number of carbonyl (C=O) groups excluding carboxylic acids is 2. The molecular weight excluding hydrogens is 388 g/mol. The van der Waals surface area contributed by atoms with Crippen molar-refractivity contribution in [1.82, 2.24) is 10.7 Å². The van der Waals surface area contributed by atoms with Crippen molar-refractivity contribution >= 4 is 41.1 Å². The number of amides is 1. The van der Waals surface area contributed by atoms with Crippen LogP contribution in [0.25, 0.3) is 0 Å². The maximum absolute atomic E-state index is 12.1. The van der Waals surface area contributed by atoms with Crippen LogP contribution < -0.4 is 16.1 Å². The van der Waals surface area contributed by atoms with Crippen LogP contribution in [0.15, 0.2) is 66.3 Å². The quantitative estimate of drug-likeness (QED) is 0.204. The van der Waals surface area contributed by atoms with Crippen molar-refractivity contribution in [2.45, 2.75) is 6.92 Å². The van der Waals surface area contributed by atoms with E-state index in [0.29, 0.717) is 22.9 Å². The molecule has 8 heteroatoms. The Morgan fingerprint density at radius 2 is 1.83 bits per heavy atom. The van der Waals surface area contributed by atoms with Gasteiger partial charge in [-0.25, -0.2) is 4.79 Å². The minimum absolute atomic E-state index is 0.335. The van der Waals surface area contributed by atoms with Crippen molar-refractivity contribution < 1.29 is 14.3 Å². The van der Waals surface area contributed by atoms with Gasteiger partial charge in [-0.1, -0.05) is 35.9 Å². The highest BCUT2D eigenvalue weighted by Crippen LogP contribution is 2.09. The molecule has 2 aromatic rings. The molecule has 0 fully saturated rings. The summed E-state index contributed by atoms with van der Waals surface area (Å²) in [7, 11) is 0.